The summed E-state index contributed by atoms with van der Waals surface area (Å²) in [5.41, 5.74) is 7.77. The lowest BCUT2D eigenvalue weighted by atomic mass is 10.3. The van der Waals surface area contributed by atoms with Crippen molar-refractivity contribution in [3.05, 3.63) is 52.7 Å². The Hall–Kier alpha value is -1.85. The van der Waals surface area contributed by atoms with Crippen LogP contribution < -0.4 is 5.73 Å². The highest BCUT2D eigenvalue weighted by Crippen LogP contribution is 2.29. The smallest absolute Gasteiger partial charge is 0.143 e. The van der Waals surface area contributed by atoms with Gasteiger partial charge in [-0.2, -0.15) is 5.10 Å². The molecule has 0 radical (unpaired) electrons. The van der Waals surface area contributed by atoms with Crippen LogP contribution in [-0.4, -0.2) is 9.78 Å². The van der Waals surface area contributed by atoms with Crippen LogP contribution in [0, 0.1) is 5.82 Å². The number of hydrogen-bond donors (Lipinski definition) is 1. The number of nitrogens with two attached hydrogens (primary N) is 1. The number of nitrogen functional groups attached to an aromatic ring is 1. The second-order valence-electron chi connectivity index (χ2n) is 3.95. The van der Waals surface area contributed by atoms with E-state index in [4.69, 9.17) is 17.3 Å². The van der Waals surface area contributed by atoms with E-state index in [0.717, 1.165) is 4.88 Å². The molecule has 0 amide bonds. The molecule has 0 fully saturated rings. The Bertz CT molecular complexity index is 722. The minimum absolute atomic E-state index is 0.0855. The first kappa shape index (κ1) is 12.2. The average Bonchev–Trinajstić information content (AvgIpc) is 3.01. The van der Waals surface area contributed by atoms with Gasteiger partial charge < -0.3 is 5.73 Å². The minimum Gasteiger partial charge on any atom is -0.396 e. The Kier molecular flexibility index (Phi) is 3.00. The van der Waals surface area contributed by atoms with Crippen molar-refractivity contribution in [2.45, 2.75) is 0 Å². The van der Waals surface area contributed by atoms with Crippen molar-refractivity contribution in [2.24, 2.45) is 0 Å². The van der Waals surface area contributed by atoms with Gasteiger partial charge >= 0.3 is 0 Å². The summed E-state index contributed by atoms with van der Waals surface area (Å²) in [6.07, 6.45) is 1.66. The first-order valence-electron chi connectivity index (χ1n) is 5.49. The third-order valence-electron chi connectivity index (χ3n) is 2.66. The zero-order valence-corrected chi connectivity index (χ0v) is 11.2. The molecule has 6 heteroatoms. The maximum absolute atomic E-state index is 13.4. The van der Waals surface area contributed by atoms with Gasteiger partial charge in [0.1, 0.15) is 11.5 Å². The van der Waals surface area contributed by atoms with Gasteiger partial charge in [0.2, 0.25) is 0 Å². The topological polar surface area (TPSA) is 43.8 Å². The number of aromatic nitrogens is 2. The normalized spacial score (nSPS) is 10.8. The Morgan fingerprint density at radius 2 is 2.16 bits per heavy atom. The monoisotopic (exact) mass is 293 g/mol. The third kappa shape index (κ3) is 2.22. The van der Waals surface area contributed by atoms with Crippen LogP contribution in [0.5, 0.6) is 0 Å². The molecule has 2 N–H and O–H groups in total. The Morgan fingerprint density at radius 1 is 1.32 bits per heavy atom. The van der Waals surface area contributed by atoms with Crippen molar-refractivity contribution in [1.29, 1.82) is 0 Å². The van der Waals surface area contributed by atoms with E-state index in [1.165, 1.54) is 12.1 Å². The lowest BCUT2D eigenvalue weighted by Crippen LogP contribution is -1.95. The predicted octanol–water partition coefficient (Wildman–Crippen LogP) is 3.98. The molecule has 0 unspecified atom stereocenters. The molecular formula is C13H9ClFN3S. The molecule has 3 rings (SSSR count). The third-order valence-corrected chi connectivity index (χ3v) is 3.85. The van der Waals surface area contributed by atoms with Gasteiger partial charge in [0, 0.05) is 6.07 Å². The molecule has 19 heavy (non-hydrogen) atoms. The van der Waals surface area contributed by atoms with Crippen molar-refractivity contribution in [1.82, 2.24) is 9.78 Å². The molecule has 0 aliphatic carbocycles. The molecule has 0 bridgehead atoms. The van der Waals surface area contributed by atoms with Crippen LogP contribution in [0.25, 0.3) is 16.3 Å². The summed E-state index contributed by atoms with van der Waals surface area (Å²) in [5.74, 6) is -0.481. The van der Waals surface area contributed by atoms with E-state index in [1.807, 2.05) is 17.5 Å². The van der Waals surface area contributed by atoms with E-state index in [1.54, 1.807) is 28.3 Å². The van der Waals surface area contributed by atoms with Crippen LogP contribution in [0.15, 0.2) is 41.9 Å². The number of halogens is 2. The van der Waals surface area contributed by atoms with Gasteiger partial charge in [-0.1, -0.05) is 17.7 Å². The van der Waals surface area contributed by atoms with Crippen LogP contribution in [-0.2, 0) is 0 Å². The average molecular weight is 294 g/mol. The Balaban J connectivity index is 2.07. The van der Waals surface area contributed by atoms with E-state index in [0.29, 0.717) is 17.1 Å². The maximum Gasteiger partial charge on any atom is 0.143 e. The standard InChI is InChI=1S/C13H9ClFN3S/c14-9-4-3-8(6-10(9)15)18-7-11(16)13(17-18)12-2-1-5-19-12/h1-7H,16H2. The van der Waals surface area contributed by atoms with Crippen LogP contribution in [0.3, 0.4) is 0 Å². The summed E-state index contributed by atoms with van der Waals surface area (Å²) in [6.45, 7) is 0. The molecule has 96 valence electrons. The molecule has 0 aliphatic rings. The summed E-state index contributed by atoms with van der Waals surface area (Å²) >= 11 is 7.21. The first-order valence-corrected chi connectivity index (χ1v) is 6.75. The van der Waals surface area contributed by atoms with Crippen molar-refractivity contribution < 1.29 is 4.39 Å². The molecule has 2 aromatic heterocycles. The predicted molar refractivity (Wildman–Crippen MR) is 76.3 cm³/mol. The summed E-state index contributed by atoms with van der Waals surface area (Å²) in [6, 6.07) is 8.38. The number of anilines is 1. The largest absolute Gasteiger partial charge is 0.396 e. The zero-order valence-electron chi connectivity index (χ0n) is 9.68. The van der Waals surface area contributed by atoms with Crippen molar-refractivity contribution in [2.75, 3.05) is 5.73 Å². The summed E-state index contributed by atoms with van der Waals surface area (Å²) in [5, 5.41) is 6.43. The van der Waals surface area contributed by atoms with Crippen LogP contribution >= 0.6 is 22.9 Å². The highest BCUT2D eigenvalue weighted by atomic mass is 35.5. The Labute approximate surface area is 118 Å². The quantitative estimate of drug-likeness (QED) is 0.777. The molecule has 3 aromatic rings. The molecule has 3 nitrogen and oxygen atoms in total. The first-order chi connectivity index (χ1) is 9.15. The fourth-order valence-corrected chi connectivity index (χ4v) is 2.60. The Morgan fingerprint density at radius 3 is 2.84 bits per heavy atom. The number of nitrogens with zero attached hydrogens (tertiary/aromatic N) is 2. The summed E-state index contributed by atoms with van der Waals surface area (Å²) in [4.78, 5) is 0.977. The van der Waals surface area contributed by atoms with Crippen molar-refractivity contribution in [3.63, 3.8) is 0 Å². The molecule has 2 heterocycles. The number of benzene rings is 1. The van der Waals surface area contributed by atoms with E-state index >= 15 is 0 Å². The second-order valence-corrected chi connectivity index (χ2v) is 5.31. The highest BCUT2D eigenvalue weighted by Gasteiger charge is 2.11. The van der Waals surface area contributed by atoms with Gasteiger partial charge in [0.05, 0.1) is 27.5 Å². The van der Waals surface area contributed by atoms with Gasteiger partial charge in [-0.15, -0.1) is 11.3 Å². The van der Waals surface area contributed by atoms with Gasteiger partial charge in [-0.25, -0.2) is 9.07 Å². The van der Waals surface area contributed by atoms with Gasteiger partial charge in [0.25, 0.3) is 0 Å². The van der Waals surface area contributed by atoms with Gasteiger partial charge in [-0.3, -0.25) is 0 Å². The van der Waals surface area contributed by atoms with Crippen LogP contribution in [0.1, 0.15) is 0 Å². The lowest BCUT2D eigenvalue weighted by Gasteiger charge is -2.01. The second kappa shape index (κ2) is 4.68. The molecule has 0 saturated heterocycles. The number of hydrogen-bond acceptors (Lipinski definition) is 3. The van der Waals surface area contributed by atoms with Gasteiger partial charge in [-0.05, 0) is 23.6 Å². The molecule has 1 aromatic carbocycles. The molecule has 0 spiro atoms. The van der Waals surface area contributed by atoms with Crippen molar-refractivity contribution in [3.8, 4) is 16.3 Å². The zero-order chi connectivity index (χ0) is 13.4. The molecule has 0 saturated carbocycles. The van der Waals surface area contributed by atoms with E-state index in [-0.39, 0.29) is 5.02 Å². The fraction of sp³-hybridized carbons (Fsp3) is 0. The van der Waals surface area contributed by atoms with E-state index in [9.17, 15) is 4.39 Å². The number of rotatable bonds is 2. The van der Waals surface area contributed by atoms with Crippen molar-refractivity contribution >= 4 is 28.6 Å². The minimum atomic E-state index is -0.481. The SMILES string of the molecule is Nc1cn(-c2ccc(Cl)c(F)c2)nc1-c1cccs1. The summed E-state index contributed by atoms with van der Waals surface area (Å²) in [7, 11) is 0. The fourth-order valence-electron chi connectivity index (χ4n) is 1.75. The van der Waals surface area contributed by atoms with E-state index < -0.39 is 5.82 Å². The van der Waals surface area contributed by atoms with Crippen LogP contribution in [0.4, 0.5) is 10.1 Å². The molecule has 0 aliphatic heterocycles. The summed E-state index contributed by atoms with van der Waals surface area (Å²) < 4.78 is 15.0. The van der Waals surface area contributed by atoms with Crippen LogP contribution in [0.2, 0.25) is 5.02 Å². The van der Waals surface area contributed by atoms with E-state index in [2.05, 4.69) is 5.10 Å². The lowest BCUT2D eigenvalue weighted by molar-refractivity contribution is 0.626. The van der Waals surface area contributed by atoms with Gasteiger partial charge in [0.15, 0.2) is 0 Å². The maximum atomic E-state index is 13.4. The molecular weight excluding hydrogens is 285 g/mol. The molecule has 0 atom stereocenters. The highest BCUT2D eigenvalue weighted by molar-refractivity contribution is 7.13. The number of thiophene rings is 1.